The third-order valence-corrected chi connectivity index (χ3v) is 4.61. The van der Waals surface area contributed by atoms with E-state index in [0.717, 1.165) is 27.9 Å². The molecule has 6 nitrogen and oxygen atoms in total. The Bertz CT molecular complexity index is 1070. The molecule has 0 fully saturated rings. The molecule has 0 unspecified atom stereocenters. The Balaban J connectivity index is 1.83. The van der Waals surface area contributed by atoms with Crippen molar-refractivity contribution in [3.8, 4) is 5.69 Å². The molecule has 0 bridgehead atoms. The van der Waals surface area contributed by atoms with Crippen molar-refractivity contribution in [1.29, 1.82) is 0 Å². The highest BCUT2D eigenvalue weighted by molar-refractivity contribution is 5.99. The van der Waals surface area contributed by atoms with Crippen molar-refractivity contribution in [1.82, 2.24) is 9.55 Å². The Kier molecular flexibility index (Phi) is 5.07. The fourth-order valence-corrected chi connectivity index (χ4v) is 2.67. The van der Waals surface area contributed by atoms with Gasteiger partial charge >= 0.3 is 6.03 Å². The highest BCUT2D eigenvalue weighted by atomic mass is 16.2. The van der Waals surface area contributed by atoms with Crippen LogP contribution in [-0.2, 0) is 0 Å². The lowest BCUT2D eigenvalue weighted by Gasteiger charge is -2.11. The van der Waals surface area contributed by atoms with Crippen molar-refractivity contribution in [3.63, 3.8) is 0 Å². The number of amides is 2. The molecule has 2 amide bonds. The number of aryl methyl sites for hydroxylation is 4. The van der Waals surface area contributed by atoms with Crippen LogP contribution in [0, 0.1) is 27.7 Å². The van der Waals surface area contributed by atoms with Crippen LogP contribution in [0.4, 0.5) is 16.3 Å². The van der Waals surface area contributed by atoms with Gasteiger partial charge in [0, 0.05) is 23.8 Å². The lowest BCUT2D eigenvalue weighted by molar-refractivity contribution is 0.262. The zero-order valence-electron chi connectivity index (χ0n) is 15.8. The molecule has 3 rings (SSSR count). The second-order valence-corrected chi connectivity index (χ2v) is 6.60. The number of nitrogens with zero attached hydrogens (tertiary/aromatic N) is 2. The molecule has 0 aliphatic rings. The van der Waals surface area contributed by atoms with E-state index in [1.54, 1.807) is 6.20 Å². The second-order valence-electron chi connectivity index (χ2n) is 6.60. The summed E-state index contributed by atoms with van der Waals surface area (Å²) in [6, 6.07) is 10.9. The summed E-state index contributed by atoms with van der Waals surface area (Å²) in [6.07, 6.45) is 3.07. The first kappa shape index (κ1) is 18.4. The summed E-state index contributed by atoms with van der Waals surface area (Å²) < 4.78 is 1.46. The number of carbonyl (C=O) groups excluding carboxylic acids is 1. The number of urea groups is 1. The maximum Gasteiger partial charge on any atom is 0.325 e. The highest BCUT2D eigenvalue weighted by Gasteiger charge is 2.11. The first-order chi connectivity index (χ1) is 12.8. The van der Waals surface area contributed by atoms with Gasteiger partial charge in [0.1, 0.15) is 0 Å². The third kappa shape index (κ3) is 4.06. The van der Waals surface area contributed by atoms with Crippen LogP contribution in [0.5, 0.6) is 0 Å². The summed E-state index contributed by atoms with van der Waals surface area (Å²) in [5.41, 5.74) is 5.43. The first-order valence-corrected chi connectivity index (χ1v) is 8.65. The predicted molar refractivity (Wildman–Crippen MR) is 108 cm³/mol. The Hall–Kier alpha value is -3.41. The molecule has 138 valence electrons. The Morgan fingerprint density at radius 3 is 2.22 bits per heavy atom. The lowest BCUT2D eigenvalue weighted by Crippen LogP contribution is -2.28. The topological polar surface area (TPSA) is 76.0 Å². The molecule has 0 aliphatic heterocycles. The molecule has 2 N–H and O–H groups in total. The molecule has 3 aromatic rings. The predicted octanol–water partition coefficient (Wildman–Crippen LogP) is 4.11. The number of anilines is 2. The van der Waals surface area contributed by atoms with Crippen molar-refractivity contribution < 1.29 is 4.79 Å². The smallest absolute Gasteiger partial charge is 0.308 e. The van der Waals surface area contributed by atoms with Crippen LogP contribution in [0.1, 0.15) is 22.3 Å². The molecule has 1 heterocycles. The van der Waals surface area contributed by atoms with E-state index in [1.807, 2.05) is 64.1 Å². The van der Waals surface area contributed by atoms with Crippen molar-refractivity contribution in [2.75, 3.05) is 10.6 Å². The molecule has 0 spiro atoms. The van der Waals surface area contributed by atoms with E-state index < -0.39 is 11.6 Å². The van der Waals surface area contributed by atoms with Gasteiger partial charge in [-0.3, -0.25) is 14.7 Å². The molecule has 27 heavy (non-hydrogen) atoms. The minimum absolute atomic E-state index is 0.0305. The average molecular weight is 362 g/mol. The highest BCUT2D eigenvalue weighted by Crippen LogP contribution is 2.15. The van der Waals surface area contributed by atoms with Crippen LogP contribution in [0.25, 0.3) is 5.69 Å². The molecule has 0 radical (unpaired) electrons. The summed E-state index contributed by atoms with van der Waals surface area (Å²) in [5.74, 6) is -0.0305. The van der Waals surface area contributed by atoms with Gasteiger partial charge in [0.15, 0.2) is 0 Å². The lowest BCUT2D eigenvalue weighted by atomic mass is 10.1. The van der Waals surface area contributed by atoms with Gasteiger partial charge in [-0.05, 0) is 74.2 Å². The Morgan fingerprint density at radius 2 is 1.56 bits per heavy atom. The monoisotopic (exact) mass is 362 g/mol. The fraction of sp³-hybridized carbons (Fsp3) is 0.190. The summed E-state index contributed by atoms with van der Waals surface area (Å²) in [6.45, 7) is 7.97. The first-order valence-electron chi connectivity index (χ1n) is 8.65. The normalized spacial score (nSPS) is 10.5. The van der Waals surface area contributed by atoms with Crippen LogP contribution >= 0.6 is 0 Å². The number of benzene rings is 2. The number of hydrogen-bond donors (Lipinski definition) is 2. The number of carbonyl (C=O) groups is 1. The van der Waals surface area contributed by atoms with E-state index in [9.17, 15) is 9.59 Å². The minimum Gasteiger partial charge on any atom is -0.308 e. The molecule has 0 aliphatic carbocycles. The summed E-state index contributed by atoms with van der Waals surface area (Å²) >= 11 is 0. The van der Waals surface area contributed by atoms with Gasteiger partial charge < -0.3 is 5.32 Å². The molecular weight excluding hydrogens is 340 g/mol. The standard InChI is InChI=1S/C21H22N4O2/c1-13-5-7-17(11-15(13)3)23-21(27)24-19-20(26)25(10-9-22-19)18-8-6-14(2)16(4)12-18/h5-12H,1-4H3,(H2,22,23,24,27). The maximum absolute atomic E-state index is 12.7. The number of rotatable bonds is 3. The van der Waals surface area contributed by atoms with Crippen LogP contribution in [0.3, 0.4) is 0 Å². The number of nitrogens with one attached hydrogen (secondary N) is 2. The fourth-order valence-electron chi connectivity index (χ4n) is 2.67. The van der Waals surface area contributed by atoms with Crippen molar-refractivity contribution in [3.05, 3.63) is 81.4 Å². The van der Waals surface area contributed by atoms with Gasteiger partial charge in [-0.25, -0.2) is 9.78 Å². The number of aromatic nitrogens is 2. The number of hydrogen-bond acceptors (Lipinski definition) is 3. The third-order valence-electron chi connectivity index (χ3n) is 4.61. The van der Waals surface area contributed by atoms with Gasteiger partial charge in [-0.1, -0.05) is 12.1 Å². The van der Waals surface area contributed by atoms with Gasteiger partial charge in [0.2, 0.25) is 5.82 Å². The average Bonchev–Trinajstić information content (AvgIpc) is 2.62. The van der Waals surface area contributed by atoms with Gasteiger partial charge in [-0.2, -0.15) is 0 Å². The Morgan fingerprint density at radius 1 is 0.889 bits per heavy atom. The van der Waals surface area contributed by atoms with Gasteiger partial charge in [0.25, 0.3) is 5.56 Å². The quantitative estimate of drug-likeness (QED) is 0.736. The molecule has 0 saturated carbocycles. The van der Waals surface area contributed by atoms with E-state index in [2.05, 4.69) is 15.6 Å². The van der Waals surface area contributed by atoms with Crippen LogP contribution < -0.4 is 16.2 Å². The SMILES string of the molecule is Cc1ccc(NC(=O)Nc2nccn(-c3ccc(C)c(C)c3)c2=O)cc1C. The van der Waals surface area contributed by atoms with Crippen LogP contribution in [0.15, 0.2) is 53.6 Å². The molecular formula is C21H22N4O2. The summed E-state index contributed by atoms with van der Waals surface area (Å²) in [7, 11) is 0. The maximum atomic E-state index is 12.7. The van der Waals surface area contributed by atoms with E-state index in [4.69, 9.17) is 0 Å². The van der Waals surface area contributed by atoms with Crippen molar-refractivity contribution >= 4 is 17.5 Å². The molecule has 0 atom stereocenters. The second kappa shape index (κ2) is 7.45. The van der Waals surface area contributed by atoms with Gasteiger partial charge in [-0.15, -0.1) is 0 Å². The van der Waals surface area contributed by atoms with Crippen molar-refractivity contribution in [2.45, 2.75) is 27.7 Å². The zero-order chi connectivity index (χ0) is 19.6. The molecule has 2 aromatic carbocycles. The minimum atomic E-state index is -0.513. The molecule has 0 saturated heterocycles. The molecule has 1 aromatic heterocycles. The summed E-state index contributed by atoms with van der Waals surface area (Å²) in [4.78, 5) is 29.0. The van der Waals surface area contributed by atoms with Crippen LogP contribution in [0.2, 0.25) is 0 Å². The zero-order valence-corrected chi connectivity index (χ0v) is 15.8. The van der Waals surface area contributed by atoms with E-state index >= 15 is 0 Å². The molecule has 6 heteroatoms. The largest absolute Gasteiger partial charge is 0.325 e. The summed E-state index contributed by atoms with van der Waals surface area (Å²) in [5, 5.41) is 5.26. The van der Waals surface area contributed by atoms with E-state index in [0.29, 0.717) is 5.69 Å². The van der Waals surface area contributed by atoms with E-state index in [1.165, 1.54) is 10.8 Å². The van der Waals surface area contributed by atoms with Gasteiger partial charge in [0.05, 0.1) is 0 Å². The van der Waals surface area contributed by atoms with Crippen LogP contribution in [-0.4, -0.2) is 15.6 Å². The Labute approximate surface area is 157 Å². The van der Waals surface area contributed by atoms with E-state index in [-0.39, 0.29) is 5.82 Å². The van der Waals surface area contributed by atoms with Crippen molar-refractivity contribution in [2.24, 2.45) is 0 Å².